The molecule has 1 heterocycles. The standard InChI is InChI=1S/C13H24N2O2/c1-5-8-10-13(17)15(9(4)6-2)11(7-3)12(16)14-10/h9-11H,5-8H2,1-4H3,(H,14,16). The van der Waals surface area contributed by atoms with E-state index in [1.54, 1.807) is 4.90 Å². The predicted octanol–water partition coefficient (Wildman–Crippen LogP) is 1.69. The molecule has 0 spiro atoms. The van der Waals surface area contributed by atoms with Crippen LogP contribution >= 0.6 is 0 Å². The maximum Gasteiger partial charge on any atom is 0.246 e. The Bertz CT molecular complexity index is 291. The van der Waals surface area contributed by atoms with Crippen LogP contribution in [0.2, 0.25) is 0 Å². The predicted molar refractivity (Wildman–Crippen MR) is 67.5 cm³/mol. The van der Waals surface area contributed by atoms with E-state index in [4.69, 9.17) is 0 Å². The molecule has 0 aromatic carbocycles. The maximum absolute atomic E-state index is 12.3. The van der Waals surface area contributed by atoms with Gasteiger partial charge in [0, 0.05) is 6.04 Å². The van der Waals surface area contributed by atoms with Crippen molar-refractivity contribution in [2.45, 2.75) is 71.5 Å². The van der Waals surface area contributed by atoms with Gasteiger partial charge in [-0.25, -0.2) is 0 Å². The van der Waals surface area contributed by atoms with Gasteiger partial charge in [0.1, 0.15) is 12.1 Å². The Morgan fingerprint density at radius 3 is 2.41 bits per heavy atom. The molecule has 2 amide bonds. The highest BCUT2D eigenvalue weighted by atomic mass is 16.2. The molecular weight excluding hydrogens is 216 g/mol. The first-order valence-corrected chi connectivity index (χ1v) is 6.69. The lowest BCUT2D eigenvalue weighted by Crippen LogP contribution is -2.65. The Morgan fingerprint density at radius 1 is 1.29 bits per heavy atom. The minimum Gasteiger partial charge on any atom is -0.343 e. The van der Waals surface area contributed by atoms with E-state index in [0.29, 0.717) is 6.42 Å². The van der Waals surface area contributed by atoms with Crippen LogP contribution in [0.1, 0.15) is 53.4 Å². The molecule has 1 saturated heterocycles. The third-order valence-electron chi connectivity index (χ3n) is 3.54. The van der Waals surface area contributed by atoms with Crippen molar-refractivity contribution in [3.63, 3.8) is 0 Å². The van der Waals surface area contributed by atoms with Gasteiger partial charge in [-0.15, -0.1) is 0 Å². The number of carbonyl (C=O) groups is 2. The molecule has 0 saturated carbocycles. The zero-order chi connectivity index (χ0) is 13.0. The first-order chi connectivity index (χ1) is 8.06. The van der Waals surface area contributed by atoms with Gasteiger partial charge in [-0.2, -0.15) is 0 Å². The second-order valence-corrected chi connectivity index (χ2v) is 4.78. The van der Waals surface area contributed by atoms with E-state index in [1.807, 2.05) is 27.7 Å². The van der Waals surface area contributed by atoms with Crippen molar-refractivity contribution in [2.75, 3.05) is 0 Å². The Hall–Kier alpha value is -1.06. The minimum absolute atomic E-state index is 0.00542. The highest BCUT2D eigenvalue weighted by Gasteiger charge is 2.40. The molecular formula is C13H24N2O2. The van der Waals surface area contributed by atoms with Gasteiger partial charge < -0.3 is 10.2 Å². The van der Waals surface area contributed by atoms with Gasteiger partial charge in [0.05, 0.1) is 0 Å². The molecule has 1 fully saturated rings. The average Bonchev–Trinajstić information content (AvgIpc) is 2.32. The average molecular weight is 240 g/mol. The molecule has 0 aliphatic carbocycles. The van der Waals surface area contributed by atoms with Crippen molar-refractivity contribution in [3.05, 3.63) is 0 Å². The SMILES string of the molecule is CCCC1NC(=O)C(CC)N(C(C)CC)C1=O. The molecule has 0 radical (unpaired) electrons. The summed E-state index contributed by atoms with van der Waals surface area (Å²) in [5.41, 5.74) is 0. The van der Waals surface area contributed by atoms with Crippen LogP contribution < -0.4 is 5.32 Å². The van der Waals surface area contributed by atoms with Crippen molar-refractivity contribution in [1.29, 1.82) is 0 Å². The quantitative estimate of drug-likeness (QED) is 0.795. The molecule has 1 aliphatic heterocycles. The largest absolute Gasteiger partial charge is 0.343 e. The maximum atomic E-state index is 12.3. The van der Waals surface area contributed by atoms with E-state index in [9.17, 15) is 9.59 Å². The van der Waals surface area contributed by atoms with Crippen molar-refractivity contribution < 1.29 is 9.59 Å². The number of rotatable bonds is 5. The molecule has 17 heavy (non-hydrogen) atoms. The molecule has 98 valence electrons. The van der Waals surface area contributed by atoms with Crippen LogP contribution in [0.4, 0.5) is 0 Å². The number of amides is 2. The van der Waals surface area contributed by atoms with Crippen molar-refractivity contribution >= 4 is 11.8 Å². The normalized spacial score (nSPS) is 26.9. The molecule has 0 bridgehead atoms. The number of carbonyl (C=O) groups excluding carboxylic acids is 2. The molecule has 1 N–H and O–H groups in total. The van der Waals surface area contributed by atoms with Crippen molar-refractivity contribution in [3.8, 4) is 0 Å². The minimum atomic E-state index is -0.315. The summed E-state index contributed by atoms with van der Waals surface area (Å²) in [6.07, 6.45) is 3.20. The van der Waals surface area contributed by atoms with Crippen molar-refractivity contribution in [2.24, 2.45) is 0 Å². The molecule has 1 rings (SSSR count). The van der Waals surface area contributed by atoms with Crippen LogP contribution in [0.5, 0.6) is 0 Å². The molecule has 1 aliphatic rings. The van der Waals surface area contributed by atoms with Gasteiger partial charge in [-0.3, -0.25) is 9.59 Å². The topological polar surface area (TPSA) is 49.4 Å². The lowest BCUT2D eigenvalue weighted by molar-refractivity contribution is -0.152. The van der Waals surface area contributed by atoms with Crippen LogP contribution in [-0.4, -0.2) is 34.8 Å². The Morgan fingerprint density at radius 2 is 1.94 bits per heavy atom. The third-order valence-corrected chi connectivity index (χ3v) is 3.54. The summed E-state index contributed by atoms with van der Waals surface area (Å²) in [6.45, 7) is 8.04. The molecule has 3 unspecified atom stereocenters. The summed E-state index contributed by atoms with van der Waals surface area (Å²) in [5, 5.41) is 2.85. The summed E-state index contributed by atoms with van der Waals surface area (Å²) in [4.78, 5) is 26.1. The van der Waals surface area contributed by atoms with E-state index in [-0.39, 0.29) is 29.9 Å². The van der Waals surface area contributed by atoms with E-state index in [0.717, 1.165) is 19.3 Å². The lowest BCUT2D eigenvalue weighted by atomic mass is 9.99. The van der Waals surface area contributed by atoms with Gasteiger partial charge in [0.2, 0.25) is 11.8 Å². The second kappa shape index (κ2) is 6.03. The van der Waals surface area contributed by atoms with Gasteiger partial charge in [-0.1, -0.05) is 27.2 Å². The van der Waals surface area contributed by atoms with E-state index < -0.39 is 0 Å². The van der Waals surface area contributed by atoms with Crippen LogP contribution in [0.15, 0.2) is 0 Å². The fraction of sp³-hybridized carbons (Fsp3) is 0.846. The van der Waals surface area contributed by atoms with Crippen LogP contribution in [-0.2, 0) is 9.59 Å². The fourth-order valence-electron chi connectivity index (χ4n) is 2.38. The number of hydrogen-bond acceptors (Lipinski definition) is 2. The van der Waals surface area contributed by atoms with Crippen LogP contribution in [0, 0.1) is 0 Å². The first kappa shape index (κ1) is 14.0. The first-order valence-electron chi connectivity index (χ1n) is 6.69. The molecule has 3 atom stereocenters. The van der Waals surface area contributed by atoms with Gasteiger partial charge >= 0.3 is 0 Å². The third kappa shape index (κ3) is 2.79. The summed E-state index contributed by atoms with van der Waals surface area (Å²) in [7, 11) is 0. The zero-order valence-electron chi connectivity index (χ0n) is 11.3. The molecule has 0 aromatic rings. The van der Waals surface area contributed by atoms with Crippen LogP contribution in [0.25, 0.3) is 0 Å². The lowest BCUT2D eigenvalue weighted by Gasteiger charge is -2.42. The van der Waals surface area contributed by atoms with Gasteiger partial charge in [0.25, 0.3) is 0 Å². The smallest absolute Gasteiger partial charge is 0.246 e. The fourth-order valence-corrected chi connectivity index (χ4v) is 2.38. The summed E-state index contributed by atoms with van der Waals surface area (Å²) in [6, 6.07) is -0.465. The summed E-state index contributed by atoms with van der Waals surface area (Å²) in [5.74, 6) is 0.0958. The number of hydrogen-bond donors (Lipinski definition) is 1. The Labute approximate surface area is 104 Å². The highest BCUT2D eigenvalue weighted by molar-refractivity contribution is 5.97. The van der Waals surface area contributed by atoms with Crippen LogP contribution in [0.3, 0.4) is 0 Å². The molecule has 0 aromatic heterocycles. The van der Waals surface area contributed by atoms with E-state index in [2.05, 4.69) is 5.32 Å². The number of nitrogens with zero attached hydrogens (tertiary/aromatic N) is 1. The highest BCUT2D eigenvalue weighted by Crippen LogP contribution is 2.20. The second-order valence-electron chi connectivity index (χ2n) is 4.78. The van der Waals surface area contributed by atoms with Gasteiger partial charge in [-0.05, 0) is 26.2 Å². The zero-order valence-corrected chi connectivity index (χ0v) is 11.3. The van der Waals surface area contributed by atoms with E-state index >= 15 is 0 Å². The summed E-state index contributed by atoms with van der Waals surface area (Å²) >= 11 is 0. The van der Waals surface area contributed by atoms with Crippen molar-refractivity contribution in [1.82, 2.24) is 10.2 Å². The van der Waals surface area contributed by atoms with Gasteiger partial charge in [0.15, 0.2) is 0 Å². The monoisotopic (exact) mass is 240 g/mol. The summed E-state index contributed by atoms with van der Waals surface area (Å²) < 4.78 is 0. The number of nitrogens with one attached hydrogen (secondary N) is 1. The molecule has 4 nitrogen and oxygen atoms in total. The molecule has 4 heteroatoms. The Balaban J connectivity index is 2.92. The number of piperazine rings is 1. The van der Waals surface area contributed by atoms with E-state index in [1.165, 1.54) is 0 Å². The Kier molecular flexibility index (Phi) is 4.97.